The Hall–Kier alpha value is -1.23. The molecule has 2 aliphatic rings. The summed E-state index contributed by atoms with van der Waals surface area (Å²) < 4.78 is 10.7. The van der Waals surface area contributed by atoms with Crippen molar-refractivity contribution >= 4 is 6.09 Å². The molecule has 0 spiro atoms. The summed E-state index contributed by atoms with van der Waals surface area (Å²) in [7, 11) is 1.52. The monoisotopic (exact) mass is 241 g/mol. The predicted octanol–water partition coefficient (Wildman–Crippen LogP) is 1.24. The summed E-state index contributed by atoms with van der Waals surface area (Å²) in [4.78, 5) is 11.2. The van der Waals surface area contributed by atoms with Gasteiger partial charge in [0.25, 0.3) is 0 Å². The second kappa shape index (κ2) is 4.96. The molecular formula is C12H19NO4. The van der Waals surface area contributed by atoms with Crippen molar-refractivity contribution in [1.82, 2.24) is 5.32 Å². The van der Waals surface area contributed by atoms with E-state index >= 15 is 0 Å². The fourth-order valence-corrected chi connectivity index (χ4v) is 2.87. The zero-order valence-corrected chi connectivity index (χ0v) is 10.2. The van der Waals surface area contributed by atoms with Gasteiger partial charge >= 0.3 is 6.09 Å². The van der Waals surface area contributed by atoms with Crippen LogP contribution < -0.4 is 5.32 Å². The summed E-state index contributed by atoms with van der Waals surface area (Å²) in [6.07, 6.45) is 2.63. The normalized spacial score (nSPS) is 35.6. The van der Waals surface area contributed by atoms with E-state index in [9.17, 15) is 9.90 Å². The minimum absolute atomic E-state index is 0.0145. The molecular weight excluding hydrogens is 222 g/mol. The third kappa shape index (κ3) is 2.24. The molecule has 1 aliphatic carbocycles. The maximum absolute atomic E-state index is 11.2. The number of carbonyl (C=O) groups excluding carboxylic acids is 1. The van der Waals surface area contributed by atoms with Crippen molar-refractivity contribution in [2.24, 2.45) is 17.8 Å². The molecule has 0 aromatic rings. The summed E-state index contributed by atoms with van der Waals surface area (Å²) in [6.45, 7) is 2.15. The summed E-state index contributed by atoms with van der Waals surface area (Å²) in [5.74, 6) is 0.864. The Morgan fingerprint density at radius 3 is 3.06 bits per heavy atom. The Bertz CT molecular complexity index is 328. The first-order chi connectivity index (χ1) is 8.17. The van der Waals surface area contributed by atoms with Gasteiger partial charge in [0.15, 0.2) is 0 Å². The largest absolute Gasteiger partial charge is 0.462 e. The molecule has 17 heavy (non-hydrogen) atoms. The van der Waals surface area contributed by atoms with Crippen LogP contribution in [-0.4, -0.2) is 31.1 Å². The molecule has 2 rings (SSSR count). The van der Waals surface area contributed by atoms with Crippen LogP contribution in [0.3, 0.4) is 0 Å². The third-order valence-electron chi connectivity index (χ3n) is 3.81. The van der Waals surface area contributed by atoms with Gasteiger partial charge in [-0.2, -0.15) is 0 Å². The quantitative estimate of drug-likeness (QED) is 0.763. The van der Waals surface area contributed by atoms with Crippen molar-refractivity contribution in [1.29, 1.82) is 0 Å². The van der Waals surface area contributed by atoms with Crippen LogP contribution in [0.25, 0.3) is 0 Å². The minimum Gasteiger partial charge on any atom is -0.462 e. The Morgan fingerprint density at radius 1 is 1.65 bits per heavy atom. The number of alkyl carbamates (subject to hydrolysis) is 1. The standard InChI is InChI=1S/C12H19NO4/c1-7-3-4-9-8(5-14)6-16-11(10(7)9)17-12(15)13-2/h6-7,9-11,14H,3-5H2,1-2H3,(H,13,15). The zero-order valence-electron chi connectivity index (χ0n) is 10.2. The van der Waals surface area contributed by atoms with Crippen LogP contribution in [0.4, 0.5) is 4.79 Å². The smallest absolute Gasteiger partial charge is 0.409 e. The topological polar surface area (TPSA) is 67.8 Å². The molecule has 4 unspecified atom stereocenters. The Kier molecular flexibility index (Phi) is 3.57. The van der Waals surface area contributed by atoms with Crippen molar-refractivity contribution in [2.75, 3.05) is 13.7 Å². The van der Waals surface area contributed by atoms with Crippen molar-refractivity contribution in [2.45, 2.75) is 26.1 Å². The van der Waals surface area contributed by atoms with E-state index in [0.29, 0.717) is 5.92 Å². The molecule has 4 atom stereocenters. The molecule has 5 heteroatoms. The van der Waals surface area contributed by atoms with Crippen LogP contribution in [0.5, 0.6) is 0 Å². The second-order valence-corrected chi connectivity index (χ2v) is 4.75. The van der Waals surface area contributed by atoms with E-state index in [1.54, 1.807) is 6.26 Å². The average molecular weight is 241 g/mol. The lowest BCUT2D eigenvalue weighted by atomic mass is 9.84. The zero-order chi connectivity index (χ0) is 12.4. The first-order valence-electron chi connectivity index (χ1n) is 6.01. The molecule has 0 saturated heterocycles. The van der Waals surface area contributed by atoms with Gasteiger partial charge in [0, 0.05) is 13.0 Å². The number of hydrogen-bond donors (Lipinski definition) is 2. The number of fused-ring (bicyclic) bond motifs is 1. The van der Waals surface area contributed by atoms with Gasteiger partial charge in [0.2, 0.25) is 6.29 Å². The van der Waals surface area contributed by atoms with Gasteiger partial charge in [-0.15, -0.1) is 0 Å². The Morgan fingerprint density at radius 2 is 2.41 bits per heavy atom. The lowest BCUT2D eigenvalue weighted by Gasteiger charge is -2.34. The van der Waals surface area contributed by atoms with Crippen molar-refractivity contribution in [3.05, 3.63) is 11.8 Å². The minimum atomic E-state index is -0.534. The molecule has 0 aromatic carbocycles. The van der Waals surface area contributed by atoms with Crippen LogP contribution in [0.15, 0.2) is 11.8 Å². The number of rotatable bonds is 2. The van der Waals surface area contributed by atoms with Crippen molar-refractivity contribution in [3.8, 4) is 0 Å². The van der Waals surface area contributed by atoms with E-state index in [1.807, 2.05) is 0 Å². The van der Waals surface area contributed by atoms with E-state index in [-0.39, 0.29) is 18.4 Å². The highest BCUT2D eigenvalue weighted by molar-refractivity contribution is 5.66. The van der Waals surface area contributed by atoms with Gasteiger partial charge < -0.3 is 19.9 Å². The van der Waals surface area contributed by atoms with Crippen molar-refractivity contribution in [3.63, 3.8) is 0 Å². The summed E-state index contributed by atoms with van der Waals surface area (Å²) >= 11 is 0. The number of aliphatic hydroxyl groups excluding tert-OH is 1. The van der Waals surface area contributed by atoms with Crippen LogP contribution in [0.1, 0.15) is 19.8 Å². The van der Waals surface area contributed by atoms with Gasteiger partial charge in [0.05, 0.1) is 12.9 Å². The number of ether oxygens (including phenoxy) is 2. The number of amides is 1. The summed E-state index contributed by atoms with van der Waals surface area (Å²) in [6, 6.07) is 0. The molecule has 96 valence electrons. The highest BCUT2D eigenvalue weighted by atomic mass is 16.7. The van der Waals surface area contributed by atoms with E-state index in [1.165, 1.54) is 7.05 Å². The van der Waals surface area contributed by atoms with E-state index in [2.05, 4.69) is 12.2 Å². The molecule has 2 N–H and O–H groups in total. The van der Waals surface area contributed by atoms with Crippen LogP contribution >= 0.6 is 0 Å². The van der Waals surface area contributed by atoms with Gasteiger partial charge in [-0.25, -0.2) is 4.79 Å². The molecule has 5 nitrogen and oxygen atoms in total. The number of hydrogen-bond acceptors (Lipinski definition) is 4. The number of aliphatic hydroxyl groups is 1. The first-order valence-corrected chi connectivity index (χ1v) is 6.01. The van der Waals surface area contributed by atoms with Gasteiger partial charge in [-0.1, -0.05) is 6.92 Å². The maximum Gasteiger partial charge on any atom is 0.409 e. The SMILES string of the molecule is CNC(=O)OC1OC=C(CO)C2CCC(C)C12. The molecule has 1 saturated carbocycles. The summed E-state index contributed by atoms with van der Waals surface area (Å²) in [5.41, 5.74) is 0.913. The first kappa shape index (κ1) is 12.2. The second-order valence-electron chi connectivity index (χ2n) is 4.75. The number of nitrogens with one attached hydrogen (secondary N) is 1. The van der Waals surface area contributed by atoms with Gasteiger partial charge in [-0.3, -0.25) is 0 Å². The van der Waals surface area contributed by atoms with Gasteiger partial charge in [0.1, 0.15) is 0 Å². The average Bonchev–Trinajstić information content (AvgIpc) is 2.72. The van der Waals surface area contributed by atoms with E-state index in [4.69, 9.17) is 9.47 Å². The van der Waals surface area contributed by atoms with E-state index < -0.39 is 12.4 Å². The Labute approximate surface area is 101 Å². The predicted molar refractivity (Wildman–Crippen MR) is 61.0 cm³/mol. The molecule has 0 aromatic heterocycles. The molecule has 1 aliphatic heterocycles. The molecule has 0 bridgehead atoms. The summed E-state index contributed by atoms with van der Waals surface area (Å²) in [5, 5.41) is 11.7. The highest BCUT2D eigenvalue weighted by Gasteiger charge is 2.45. The lowest BCUT2D eigenvalue weighted by Crippen LogP contribution is -2.39. The molecule has 1 fully saturated rings. The van der Waals surface area contributed by atoms with Crippen LogP contribution in [-0.2, 0) is 9.47 Å². The maximum atomic E-state index is 11.2. The van der Waals surface area contributed by atoms with Crippen molar-refractivity contribution < 1.29 is 19.4 Å². The van der Waals surface area contributed by atoms with E-state index in [0.717, 1.165) is 18.4 Å². The third-order valence-corrected chi connectivity index (χ3v) is 3.81. The van der Waals surface area contributed by atoms with Crippen LogP contribution in [0.2, 0.25) is 0 Å². The fraction of sp³-hybridized carbons (Fsp3) is 0.750. The Balaban J connectivity index is 2.13. The lowest BCUT2D eigenvalue weighted by molar-refractivity contribution is -0.125. The molecule has 0 radical (unpaired) electrons. The highest BCUT2D eigenvalue weighted by Crippen LogP contribution is 2.46. The van der Waals surface area contributed by atoms with Crippen LogP contribution in [0, 0.1) is 17.8 Å². The fourth-order valence-electron chi connectivity index (χ4n) is 2.87. The van der Waals surface area contributed by atoms with Gasteiger partial charge in [-0.05, 0) is 30.3 Å². The number of carbonyl (C=O) groups is 1. The molecule has 1 heterocycles. The molecule has 1 amide bonds.